The number of hydrogen-bond acceptors (Lipinski definition) is 3. The minimum atomic E-state index is -0.157. The maximum absolute atomic E-state index is 12.0. The van der Waals surface area contributed by atoms with Gasteiger partial charge in [-0.05, 0) is 26.0 Å². The molecular formula is C13H14ClNO2. The lowest BCUT2D eigenvalue weighted by Crippen LogP contribution is -2.34. The van der Waals surface area contributed by atoms with Crippen LogP contribution in [-0.2, 0) is 4.74 Å². The summed E-state index contributed by atoms with van der Waals surface area (Å²) in [4.78, 5) is 12.0. The zero-order chi connectivity index (χ0) is 12.5. The monoisotopic (exact) mass is 251 g/mol. The van der Waals surface area contributed by atoms with Gasteiger partial charge in [0.1, 0.15) is 6.61 Å². The highest BCUT2D eigenvalue weighted by molar-refractivity contribution is 6.34. The fourth-order valence-electron chi connectivity index (χ4n) is 1.60. The molecule has 1 N–H and O–H groups in total. The first-order chi connectivity index (χ1) is 7.98. The molecule has 0 saturated carbocycles. The number of ketones is 1. The molecule has 1 aliphatic rings. The molecule has 0 atom stereocenters. The zero-order valence-corrected chi connectivity index (χ0v) is 10.5. The molecule has 0 aromatic heterocycles. The Morgan fingerprint density at radius 3 is 2.76 bits per heavy atom. The van der Waals surface area contributed by atoms with E-state index in [0.717, 1.165) is 0 Å². The van der Waals surface area contributed by atoms with E-state index < -0.39 is 0 Å². The van der Waals surface area contributed by atoms with Crippen LogP contribution >= 0.6 is 11.6 Å². The van der Waals surface area contributed by atoms with E-state index in [1.54, 1.807) is 24.3 Å². The van der Waals surface area contributed by atoms with Crippen LogP contribution in [0.1, 0.15) is 24.2 Å². The first-order valence-electron chi connectivity index (χ1n) is 5.39. The highest BCUT2D eigenvalue weighted by Crippen LogP contribution is 2.19. The van der Waals surface area contributed by atoms with Gasteiger partial charge in [-0.2, -0.15) is 0 Å². The van der Waals surface area contributed by atoms with Crippen LogP contribution in [0.3, 0.4) is 0 Å². The summed E-state index contributed by atoms with van der Waals surface area (Å²) in [6, 6.07) is 6.96. The third-order valence-electron chi connectivity index (χ3n) is 2.45. The Labute approximate surface area is 105 Å². The molecule has 4 heteroatoms. The molecule has 0 unspecified atom stereocenters. The van der Waals surface area contributed by atoms with Crippen LogP contribution in [0.2, 0.25) is 5.02 Å². The lowest BCUT2D eigenvalue weighted by molar-refractivity contribution is 0.104. The number of ether oxygens (including phenoxy) is 1. The van der Waals surface area contributed by atoms with Gasteiger partial charge >= 0.3 is 0 Å². The third-order valence-corrected chi connectivity index (χ3v) is 2.78. The Bertz CT molecular complexity index is 480. The molecule has 17 heavy (non-hydrogen) atoms. The average Bonchev–Trinajstić information content (AvgIpc) is 2.58. The minimum absolute atomic E-state index is 0.132. The second-order valence-electron chi connectivity index (χ2n) is 4.65. The van der Waals surface area contributed by atoms with Crippen LogP contribution in [0, 0.1) is 0 Å². The first kappa shape index (κ1) is 12.0. The summed E-state index contributed by atoms with van der Waals surface area (Å²) in [7, 11) is 0. The molecule has 0 bridgehead atoms. The molecule has 0 aliphatic carbocycles. The third kappa shape index (κ3) is 2.80. The Balaban J connectivity index is 2.18. The van der Waals surface area contributed by atoms with Crippen LogP contribution in [0.25, 0.3) is 0 Å². The van der Waals surface area contributed by atoms with Crippen LogP contribution in [0.4, 0.5) is 0 Å². The molecular weight excluding hydrogens is 238 g/mol. The predicted molar refractivity (Wildman–Crippen MR) is 67.0 cm³/mol. The van der Waals surface area contributed by atoms with E-state index in [0.29, 0.717) is 23.1 Å². The van der Waals surface area contributed by atoms with E-state index in [9.17, 15) is 4.79 Å². The molecule has 1 aliphatic heterocycles. The van der Waals surface area contributed by atoms with Gasteiger partial charge in [-0.1, -0.05) is 23.7 Å². The second kappa shape index (κ2) is 4.41. The number of nitrogens with one attached hydrogen (secondary N) is 1. The number of carbonyl (C=O) groups is 1. The molecule has 0 amide bonds. The van der Waals surface area contributed by atoms with Crippen LogP contribution in [0.5, 0.6) is 0 Å². The molecule has 0 radical (unpaired) electrons. The van der Waals surface area contributed by atoms with E-state index in [1.807, 2.05) is 13.8 Å². The lowest BCUT2D eigenvalue weighted by Gasteiger charge is -2.13. The smallest absolute Gasteiger partial charge is 0.192 e. The largest absolute Gasteiger partial charge is 0.477 e. The Kier molecular flexibility index (Phi) is 3.11. The summed E-state index contributed by atoms with van der Waals surface area (Å²) in [6.07, 6.45) is 1.44. The predicted octanol–water partition coefficient (Wildman–Crippen LogP) is 2.76. The number of halogens is 1. The second-order valence-corrected chi connectivity index (χ2v) is 5.06. The Morgan fingerprint density at radius 2 is 2.18 bits per heavy atom. The van der Waals surface area contributed by atoms with Gasteiger partial charge in [-0.15, -0.1) is 0 Å². The van der Waals surface area contributed by atoms with Gasteiger partial charge in [0.15, 0.2) is 11.7 Å². The van der Waals surface area contributed by atoms with Crippen molar-refractivity contribution in [3.05, 3.63) is 46.8 Å². The molecule has 0 spiro atoms. The molecule has 1 fully saturated rings. The van der Waals surface area contributed by atoms with E-state index in [4.69, 9.17) is 16.3 Å². The minimum Gasteiger partial charge on any atom is -0.477 e. The molecule has 1 saturated heterocycles. The van der Waals surface area contributed by atoms with Crippen molar-refractivity contribution in [1.29, 1.82) is 0 Å². The van der Waals surface area contributed by atoms with Gasteiger partial charge < -0.3 is 10.1 Å². The van der Waals surface area contributed by atoms with E-state index >= 15 is 0 Å². The molecule has 1 aromatic carbocycles. The number of rotatable bonds is 2. The zero-order valence-electron chi connectivity index (χ0n) is 9.79. The van der Waals surface area contributed by atoms with Crippen molar-refractivity contribution >= 4 is 17.4 Å². The summed E-state index contributed by atoms with van der Waals surface area (Å²) in [5.41, 5.74) is 0.351. The fourth-order valence-corrected chi connectivity index (χ4v) is 1.83. The maximum atomic E-state index is 12.0. The Hall–Kier alpha value is -1.48. The van der Waals surface area contributed by atoms with Gasteiger partial charge in [-0.25, -0.2) is 0 Å². The van der Waals surface area contributed by atoms with Crippen LogP contribution in [-0.4, -0.2) is 17.9 Å². The molecule has 1 aromatic rings. The van der Waals surface area contributed by atoms with Crippen LogP contribution < -0.4 is 5.32 Å². The first-order valence-corrected chi connectivity index (χ1v) is 5.77. The fraction of sp³-hybridized carbons (Fsp3) is 0.308. The molecule has 2 rings (SSSR count). The summed E-state index contributed by atoms with van der Waals surface area (Å²) in [5, 5.41) is 3.58. The highest BCUT2D eigenvalue weighted by atomic mass is 35.5. The molecule has 3 nitrogen and oxygen atoms in total. The number of hydrogen-bond donors (Lipinski definition) is 1. The molecule has 90 valence electrons. The number of allylic oxidation sites excluding steroid dienone is 1. The van der Waals surface area contributed by atoms with Gasteiger partial charge in [0.25, 0.3) is 0 Å². The van der Waals surface area contributed by atoms with Crippen molar-refractivity contribution in [3.63, 3.8) is 0 Å². The quantitative estimate of drug-likeness (QED) is 0.649. The maximum Gasteiger partial charge on any atom is 0.192 e. The van der Waals surface area contributed by atoms with Crippen molar-refractivity contribution in [3.8, 4) is 0 Å². The van der Waals surface area contributed by atoms with E-state index in [-0.39, 0.29) is 11.3 Å². The standard InChI is InChI=1S/C13H14ClNO2/c1-13(2)8-17-12(15-13)7-11(16)9-5-3-4-6-10(9)14/h3-7,15H,8H2,1-2H3/b12-7+. The lowest BCUT2D eigenvalue weighted by atomic mass is 10.1. The highest BCUT2D eigenvalue weighted by Gasteiger charge is 2.27. The van der Waals surface area contributed by atoms with Crippen LogP contribution in [0.15, 0.2) is 36.2 Å². The summed E-state index contributed by atoms with van der Waals surface area (Å²) in [5.74, 6) is 0.343. The van der Waals surface area contributed by atoms with E-state index in [1.165, 1.54) is 6.08 Å². The number of carbonyl (C=O) groups excluding carboxylic acids is 1. The van der Waals surface area contributed by atoms with Gasteiger partial charge in [0.05, 0.1) is 10.6 Å². The summed E-state index contributed by atoms with van der Waals surface area (Å²) in [6.45, 7) is 4.57. The van der Waals surface area contributed by atoms with Crippen molar-refractivity contribution in [2.75, 3.05) is 6.61 Å². The summed E-state index contributed by atoms with van der Waals surface area (Å²) >= 11 is 5.95. The Morgan fingerprint density at radius 1 is 1.47 bits per heavy atom. The van der Waals surface area contributed by atoms with Crippen molar-refractivity contribution < 1.29 is 9.53 Å². The van der Waals surface area contributed by atoms with Crippen molar-refractivity contribution in [2.45, 2.75) is 19.4 Å². The van der Waals surface area contributed by atoms with Gasteiger partial charge in [-0.3, -0.25) is 4.79 Å². The summed E-state index contributed by atoms with van der Waals surface area (Å²) < 4.78 is 5.39. The average molecular weight is 252 g/mol. The van der Waals surface area contributed by atoms with Gasteiger partial charge in [0.2, 0.25) is 0 Å². The number of benzene rings is 1. The van der Waals surface area contributed by atoms with Crippen molar-refractivity contribution in [2.24, 2.45) is 0 Å². The van der Waals surface area contributed by atoms with Gasteiger partial charge in [0, 0.05) is 11.6 Å². The SMILES string of the molecule is CC1(C)CO/C(=C/C(=O)c2ccccc2Cl)N1. The van der Waals surface area contributed by atoms with E-state index in [2.05, 4.69) is 5.32 Å². The normalized spacial score (nSPS) is 19.8. The topological polar surface area (TPSA) is 38.3 Å². The van der Waals surface area contributed by atoms with Crippen molar-refractivity contribution in [1.82, 2.24) is 5.32 Å². The molecule has 1 heterocycles.